The van der Waals surface area contributed by atoms with Gasteiger partial charge in [0.1, 0.15) is 11.5 Å². The zero-order chi connectivity index (χ0) is 21.6. The molecule has 0 spiro atoms. The molecule has 3 aromatic rings. The van der Waals surface area contributed by atoms with E-state index in [-0.39, 0.29) is 6.09 Å². The van der Waals surface area contributed by atoms with Gasteiger partial charge in [-0.2, -0.15) is 0 Å². The van der Waals surface area contributed by atoms with Crippen molar-refractivity contribution in [2.24, 2.45) is 13.0 Å². The van der Waals surface area contributed by atoms with Crippen molar-refractivity contribution in [3.63, 3.8) is 0 Å². The van der Waals surface area contributed by atoms with Crippen molar-refractivity contribution in [3.05, 3.63) is 60.0 Å². The molecule has 1 aliphatic rings. The summed E-state index contributed by atoms with van der Waals surface area (Å²) in [5.74, 6) is 3.11. The largest absolute Gasteiger partial charge is 0.439 e. The first kappa shape index (κ1) is 21.5. The van der Waals surface area contributed by atoms with Crippen LogP contribution in [0.4, 0.5) is 4.79 Å². The third-order valence-corrected chi connectivity index (χ3v) is 6.56. The number of aromatic nitrogens is 3. The lowest BCUT2D eigenvalue weighted by Crippen LogP contribution is -2.40. The van der Waals surface area contributed by atoms with E-state index in [0.29, 0.717) is 41.4 Å². The number of ether oxygens (including phenoxy) is 2. The summed E-state index contributed by atoms with van der Waals surface area (Å²) in [6.45, 7) is 1.40. The molecule has 1 saturated heterocycles. The van der Waals surface area contributed by atoms with Gasteiger partial charge in [0.2, 0.25) is 5.88 Å². The van der Waals surface area contributed by atoms with Gasteiger partial charge in [0.25, 0.3) is 0 Å². The maximum absolute atomic E-state index is 12.5. The molecule has 0 atom stereocenters. The number of likely N-dealkylation sites (tertiary alicyclic amines) is 1. The van der Waals surface area contributed by atoms with Gasteiger partial charge in [-0.1, -0.05) is 23.4 Å². The van der Waals surface area contributed by atoms with Gasteiger partial charge in [0.15, 0.2) is 5.16 Å². The lowest BCUT2D eigenvalue weighted by molar-refractivity contribution is 0.134. The average Bonchev–Trinajstić information content (AvgIpc) is 3.20. The van der Waals surface area contributed by atoms with E-state index < -0.39 is 0 Å². The number of aryl methyl sites for hydroxylation is 1. The number of carbonyl (C=O) groups is 1. The molecule has 1 fully saturated rings. The van der Waals surface area contributed by atoms with Crippen LogP contribution in [0.5, 0.6) is 17.4 Å². The summed E-state index contributed by atoms with van der Waals surface area (Å²) in [5.41, 5.74) is 0. The first-order chi connectivity index (χ1) is 15.1. The number of imidazole rings is 1. The van der Waals surface area contributed by atoms with Crippen molar-refractivity contribution in [3.8, 4) is 17.4 Å². The summed E-state index contributed by atoms with van der Waals surface area (Å²) < 4.78 is 13.2. The third-order valence-electron chi connectivity index (χ3n) is 5.05. The van der Waals surface area contributed by atoms with Gasteiger partial charge in [0.05, 0.1) is 5.02 Å². The number of hydrogen-bond donors (Lipinski definition) is 0. The van der Waals surface area contributed by atoms with Gasteiger partial charge in [-0.3, -0.25) is 0 Å². The van der Waals surface area contributed by atoms with Crippen LogP contribution in [0.2, 0.25) is 5.02 Å². The molecule has 7 nitrogen and oxygen atoms in total. The minimum Gasteiger partial charge on any atom is -0.439 e. The van der Waals surface area contributed by atoms with E-state index in [1.165, 1.54) is 6.20 Å². The quantitative estimate of drug-likeness (QED) is 0.469. The molecule has 0 aliphatic carbocycles. The SMILES string of the molecule is Cn1ccnc1SCC1CCN(C(=O)Oc2ccc(Oc3ccc(Cl)cn3)cc2)CC1. The van der Waals surface area contributed by atoms with Gasteiger partial charge in [-0.25, -0.2) is 14.8 Å². The molecule has 4 rings (SSSR count). The fourth-order valence-corrected chi connectivity index (χ4v) is 4.48. The number of amides is 1. The first-order valence-electron chi connectivity index (χ1n) is 10.0. The number of carbonyl (C=O) groups excluding carboxylic acids is 1. The van der Waals surface area contributed by atoms with Crippen LogP contribution in [0.1, 0.15) is 12.8 Å². The Labute approximate surface area is 190 Å². The number of halogens is 1. The monoisotopic (exact) mass is 458 g/mol. The van der Waals surface area contributed by atoms with Crippen LogP contribution in [0, 0.1) is 5.92 Å². The Bertz CT molecular complexity index is 1000. The maximum atomic E-state index is 12.5. The minimum atomic E-state index is -0.316. The Morgan fingerprint density at radius 3 is 2.52 bits per heavy atom. The molecule has 162 valence electrons. The van der Waals surface area contributed by atoms with Crippen LogP contribution in [0.3, 0.4) is 0 Å². The molecular formula is C22H23ClN4O3S. The normalized spacial score (nSPS) is 14.5. The summed E-state index contributed by atoms with van der Waals surface area (Å²) in [5, 5.41) is 1.58. The zero-order valence-corrected chi connectivity index (χ0v) is 18.7. The van der Waals surface area contributed by atoms with Crippen LogP contribution in [-0.2, 0) is 7.05 Å². The van der Waals surface area contributed by atoms with Crippen molar-refractivity contribution in [2.45, 2.75) is 18.0 Å². The Morgan fingerprint density at radius 2 is 1.87 bits per heavy atom. The zero-order valence-electron chi connectivity index (χ0n) is 17.1. The van der Waals surface area contributed by atoms with Crippen LogP contribution in [-0.4, -0.2) is 44.4 Å². The van der Waals surface area contributed by atoms with E-state index in [1.807, 2.05) is 24.0 Å². The highest BCUT2D eigenvalue weighted by atomic mass is 35.5. The highest BCUT2D eigenvalue weighted by Gasteiger charge is 2.24. The Hall–Kier alpha value is -2.71. The molecule has 0 bridgehead atoms. The lowest BCUT2D eigenvalue weighted by atomic mass is 9.99. The average molecular weight is 459 g/mol. The van der Waals surface area contributed by atoms with Gasteiger partial charge in [-0.05, 0) is 49.1 Å². The number of pyridine rings is 1. The number of benzene rings is 1. The van der Waals surface area contributed by atoms with Crippen molar-refractivity contribution >= 4 is 29.5 Å². The van der Waals surface area contributed by atoms with E-state index >= 15 is 0 Å². The predicted octanol–water partition coefficient (Wildman–Crippen LogP) is 5.26. The van der Waals surface area contributed by atoms with Gasteiger partial charge in [0, 0.05) is 50.5 Å². The second-order valence-electron chi connectivity index (χ2n) is 7.32. The van der Waals surface area contributed by atoms with Crippen molar-refractivity contribution in [1.29, 1.82) is 0 Å². The number of nitrogens with zero attached hydrogens (tertiary/aromatic N) is 4. The molecule has 1 aliphatic heterocycles. The molecule has 1 aromatic carbocycles. The summed E-state index contributed by atoms with van der Waals surface area (Å²) in [4.78, 5) is 22.7. The van der Waals surface area contributed by atoms with E-state index in [9.17, 15) is 4.79 Å². The second kappa shape index (κ2) is 10.1. The topological polar surface area (TPSA) is 69.5 Å². The van der Waals surface area contributed by atoms with Gasteiger partial charge < -0.3 is 18.9 Å². The lowest BCUT2D eigenvalue weighted by Gasteiger charge is -2.31. The summed E-state index contributed by atoms with van der Waals surface area (Å²) in [6, 6.07) is 10.3. The van der Waals surface area contributed by atoms with Crippen LogP contribution in [0.15, 0.2) is 60.1 Å². The molecule has 9 heteroatoms. The van der Waals surface area contributed by atoms with E-state index in [2.05, 4.69) is 9.97 Å². The molecule has 0 N–H and O–H groups in total. The summed E-state index contributed by atoms with van der Waals surface area (Å²) in [7, 11) is 2.00. The molecule has 0 unspecified atom stereocenters. The van der Waals surface area contributed by atoms with Crippen molar-refractivity contribution < 1.29 is 14.3 Å². The summed E-state index contributed by atoms with van der Waals surface area (Å²) in [6.07, 6.45) is 6.90. The number of hydrogen-bond acceptors (Lipinski definition) is 6. The third kappa shape index (κ3) is 5.92. The molecular weight excluding hydrogens is 436 g/mol. The van der Waals surface area contributed by atoms with Gasteiger partial charge in [-0.15, -0.1) is 0 Å². The highest BCUT2D eigenvalue weighted by Crippen LogP contribution is 2.27. The van der Waals surface area contributed by atoms with Crippen molar-refractivity contribution in [1.82, 2.24) is 19.4 Å². The number of rotatable bonds is 6. The van der Waals surface area contributed by atoms with Crippen molar-refractivity contribution in [2.75, 3.05) is 18.8 Å². The fourth-order valence-electron chi connectivity index (χ4n) is 3.25. The number of piperidine rings is 1. The standard InChI is InChI=1S/C22H23ClN4O3S/c1-26-13-10-24-21(26)31-15-16-8-11-27(12-9-16)22(28)30-19-5-3-18(4-6-19)29-20-7-2-17(23)14-25-20/h2-7,10,13-14,16H,8-9,11-12,15H2,1H3. The molecule has 0 saturated carbocycles. The second-order valence-corrected chi connectivity index (χ2v) is 8.74. The van der Waals surface area contributed by atoms with Crippen LogP contribution in [0.25, 0.3) is 0 Å². The highest BCUT2D eigenvalue weighted by molar-refractivity contribution is 7.99. The molecule has 0 radical (unpaired) electrons. The van der Waals surface area contributed by atoms with Gasteiger partial charge >= 0.3 is 6.09 Å². The smallest absolute Gasteiger partial charge is 0.415 e. The van der Waals surface area contributed by atoms with E-state index in [0.717, 1.165) is 23.8 Å². The fraction of sp³-hybridized carbons (Fsp3) is 0.318. The Morgan fingerprint density at radius 1 is 1.13 bits per heavy atom. The number of thioether (sulfide) groups is 1. The Kier molecular flexibility index (Phi) is 6.99. The first-order valence-corrected chi connectivity index (χ1v) is 11.4. The van der Waals surface area contributed by atoms with Crippen LogP contribution < -0.4 is 9.47 Å². The Balaban J connectivity index is 1.22. The minimum absolute atomic E-state index is 0.316. The molecule has 2 aromatic heterocycles. The predicted molar refractivity (Wildman–Crippen MR) is 120 cm³/mol. The molecule has 3 heterocycles. The van der Waals surface area contributed by atoms with E-state index in [1.54, 1.807) is 53.1 Å². The molecule has 31 heavy (non-hydrogen) atoms. The summed E-state index contributed by atoms with van der Waals surface area (Å²) >= 11 is 7.59. The van der Waals surface area contributed by atoms with E-state index in [4.69, 9.17) is 21.1 Å². The van der Waals surface area contributed by atoms with Crippen LogP contribution >= 0.6 is 23.4 Å². The molecule has 1 amide bonds. The maximum Gasteiger partial charge on any atom is 0.415 e.